The average molecular weight is 444 g/mol. The number of carbonyl (C=O) groups excluding carboxylic acids is 1. The van der Waals surface area contributed by atoms with E-state index in [-0.39, 0.29) is 5.91 Å². The van der Waals surface area contributed by atoms with Crippen molar-refractivity contribution in [2.45, 2.75) is 58.9 Å². The first kappa shape index (κ1) is 21.5. The molecule has 2 aliphatic carbocycles. The number of nitrogens with zero attached hydrogens (tertiary/aromatic N) is 1. The zero-order valence-electron chi connectivity index (χ0n) is 19.7. The summed E-state index contributed by atoms with van der Waals surface area (Å²) in [6.45, 7) is 6.66. The molecule has 1 atom stereocenters. The third kappa shape index (κ3) is 3.61. The highest BCUT2D eigenvalue weighted by molar-refractivity contribution is 7.12. The van der Waals surface area contributed by atoms with Crippen molar-refractivity contribution in [3.63, 3.8) is 0 Å². The molecule has 166 valence electrons. The molecule has 2 fully saturated rings. The van der Waals surface area contributed by atoms with Crippen LogP contribution in [0.1, 0.15) is 63.8 Å². The van der Waals surface area contributed by atoms with Crippen LogP contribution in [-0.2, 0) is 6.42 Å². The maximum absolute atomic E-state index is 13.6. The fourth-order valence-corrected chi connectivity index (χ4v) is 6.88. The number of aryl methyl sites for hydroxylation is 2. The monoisotopic (exact) mass is 443 g/mol. The Morgan fingerprint density at radius 1 is 1.00 bits per heavy atom. The second-order valence-electron chi connectivity index (χ2n) is 10.1. The van der Waals surface area contributed by atoms with E-state index in [1.165, 1.54) is 52.8 Å². The van der Waals surface area contributed by atoms with Crippen LogP contribution in [0.15, 0.2) is 54.6 Å². The van der Waals surface area contributed by atoms with E-state index in [2.05, 4.69) is 69.3 Å². The van der Waals surface area contributed by atoms with Crippen molar-refractivity contribution in [2.24, 2.45) is 11.3 Å². The van der Waals surface area contributed by atoms with Crippen molar-refractivity contribution in [3.8, 4) is 11.1 Å². The lowest BCUT2D eigenvalue weighted by Gasteiger charge is -2.60. The molecule has 1 aromatic heterocycles. The molecule has 0 bridgehead atoms. The van der Waals surface area contributed by atoms with Gasteiger partial charge in [-0.15, -0.1) is 11.3 Å². The van der Waals surface area contributed by atoms with Crippen molar-refractivity contribution in [1.82, 2.24) is 4.90 Å². The quantitative estimate of drug-likeness (QED) is 0.406. The Morgan fingerprint density at radius 3 is 2.25 bits per heavy atom. The summed E-state index contributed by atoms with van der Waals surface area (Å²) in [4.78, 5) is 18.1. The highest BCUT2D eigenvalue weighted by Crippen LogP contribution is 2.60. The number of rotatable bonds is 5. The van der Waals surface area contributed by atoms with Gasteiger partial charge in [-0.2, -0.15) is 0 Å². The van der Waals surface area contributed by atoms with Gasteiger partial charge in [0.25, 0.3) is 5.91 Å². The Balaban J connectivity index is 1.34. The predicted molar refractivity (Wildman–Crippen MR) is 134 cm³/mol. The molecule has 2 nitrogen and oxygen atoms in total. The van der Waals surface area contributed by atoms with Crippen LogP contribution < -0.4 is 0 Å². The summed E-state index contributed by atoms with van der Waals surface area (Å²) in [5.41, 5.74) is 6.42. The molecule has 2 saturated carbocycles. The molecule has 1 spiro atoms. The minimum Gasteiger partial charge on any atom is -0.339 e. The first-order valence-corrected chi connectivity index (χ1v) is 12.7. The zero-order chi connectivity index (χ0) is 22.5. The maximum atomic E-state index is 13.6. The summed E-state index contributed by atoms with van der Waals surface area (Å²) in [6, 6.07) is 19.7. The molecule has 0 aliphatic heterocycles. The van der Waals surface area contributed by atoms with E-state index in [1.54, 1.807) is 11.3 Å². The van der Waals surface area contributed by atoms with Crippen molar-refractivity contribution in [3.05, 3.63) is 81.0 Å². The van der Waals surface area contributed by atoms with Crippen molar-refractivity contribution < 1.29 is 4.79 Å². The van der Waals surface area contributed by atoms with Crippen molar-refractivity contribution in [2.75, 3.05) is 7.05 Å². The molecular weight excluding hydrogens is 410 g/mol. The summed E-state index contributed by atoms with van der Waals surface area (Å²) in [5.74, 6) is 1.05. The first-order chi connectivity index (χ1) is 15.4. The van der Waals surface area contributed by atoms with Gasteiger partial charge in [0, 0.05) is 22.8 Å². The number of hydrogen-bond acceptors (Lipinski definition) is 2. The van der Waals surface area contributed by atoms with Gasteiger partial charge in [0.2, 0.25) is 0 Å². The third-order valence-corrected chi connectivity index (χ3v) is 9.38. The molecule has 2 aromatic carbocycles. The molecule has 1 unspecified atom stereocenters. The third-order valence-electron chi connectivity index (χ3n) is 8.31. The van der Waals surface area contributed by atoms with Crippen LogP contribution in [0.25, 0.3) is 11.1 Å². The summed E-state index contributed by atoms with van der Waals surface area (Å²) >= 11 is 1.77. The lowest BCUT2D eigenvalue weighted by atomic mass is 9.48. The normalized spacial score (nSPS) is 24.1. The number of benzene rings is 2. The standard InChI is InChI=1S/C29H33NOS/c1-19-14-15-29(19)17-25(18-29)30(4)28(31)27-21(3)32-20(2)26(27)16-22-10-12-24(13-11-22)23-8-6-5-7-9-23/h5-13,19,25H,14-18H2,1-4H3. The maximum Gasteiger partial charge on any atom is 0.255 e. The van der Waals surface area contributed by atoms with E-state index >= 15 is 0 Å². The second-order valence-corrected chi connectivity index (χ2v) is 11.5. The molecular formula is C29H33NOS. The summed E-state index contributed by atoms with van der Waals surface area (Å²) in [7, 11) is 2.02. The SMILES string of the molecule is Cc1sc(C)c(C(=O)N(C)C2CC3(CCC3C)C2)c1Cc1ccc(-c2ccccc2)cc1. The van der Waals surface area contributed by atoms with E-state index < -0.39 is 0 Å². The van der Waals surface area contributed by atoms with Gasteiger partial charge in [-0.1, -0.05) is 61.5 Å². The highest BCUT2D eigenvalue weighted by Gasteiger charge is 2.54. The average Bonchev–Trinajstić information content (AvgIpc) is 3.05. The lowest BCUT2D eigenvalue weighted by molar-refractivity contribution is -0.0867. The van der Waals surface area contributed by atoms with Crippen molar-refractivity contribution >= 4 is 17.2 Å². The van der Waals surface area contributed by atoms with Gasteiger partial charge in [-0.25, -0.2) is 0 Å². The van der Waals surface area contributed by atoms with Crippen LogP contribution in [-0.4, -0.2) is 23.9 Å². The van der Waals surface area contributed by atoms with E-state index in [4.69, 9.17) is 0 Å². The minimum absolute atomic E-state index is 0.217. The molecule has 1 heterocycles. The Hall–Kier alpha value is -2.39. The Morgan fingerprint density at radius 2 is 1.66 bits per heavy atom. The highest BCUT2D eigenvalue weighted by atomic mass is 32.1. The Labute approximate surface area is 196 Å². The van der Waals surface area contributed by atoms with Crippen LogP contribution >= 0.6 is 11.3 Å². The largest absolute Gasteiger partial charge is 0.339 e. The summed E-state index contributed by atoms with van der Waals surface area (Å²) in [5, 5.41) is 0. The lowest BCUT2D eigenvalue weighted by Crippen LogP contribution is -2.57. The van der Waals surface area contributed by atoms with E-state index in [9.17, 15) is 4.79 Å². The van der Waals surface area contributed by atoms with Gasteiger partial charge in [0.05, 0.1) is 5.56 Å². The smallest absolute Gasteiger partial charge is 0.255 e. The van der Waals surface area contributed by atoms with Gasteiger partial charge in [-0.05, 0) is 79.5 Å². The van der Waals surface area contributed by atoms with Crippen LogP contribution in [0.5, 0.6) is 0 Å². The molecule has 0 radical (unpaired) electrons. The minimum atomic E-state index is 0.217. The molecule has 32 heavy (non-hydrogen) atoms. The number of thiophene rings is 1. The number of hydrogen-bond donors (Lipinski definition) is 0. The molecule has 2 aliphatic rings. The second kappa shape index (κ2) is 8.19. The fraction of sp³-hybridized carbons (Fsp3) is 0.414. The fourth-order valence-electron chi connectivity index (χ4n) is 5.82. The first-order valence-electron chi connectivity index (χ1n) is 11.9. The summed E-state index contributed by atoms with van der Waals surface area (Å²) < 4.78 is 0. The van der Waals surface area contributed by atoms with Crippen LogP contribution in [0.4, 0.5) is 0 Å². The number of amides is 1. The molecule has 0 N–H and O–H groups in total. The van der Waals surface area contributed by atoms with Crippen LogP contribution in [0.3, 0.4) is 0 Å². The Bertz CT molecular complexity index is 1120. The molecule has 5 rings (SSSR count). The molecule has 3 aromatic rings. The van der Waals surface area contributed by atoms with Gasteiger partial charge in [0.1, 0.15) is 0 Å². The molecule has 3 heteroatoms. The van der Waals surface area contributed by atoms with Gasteiger partial charge in [0.15, 0.2) is 0 Å². The molecule has 0 saturated heterocycles. The Kier molecular flexibility index (Phi) is 5.49. The zero-order valence-corrected chi connectivity index (χ0v) is 20.5. The van der Waals surface area contributed by atoms with E-state index in [0.29, 0.717) is 11.5 Å². The number of carbonyl (C=O) groups is 1. The van der Waals surface area contributed by atoms with E-state index in [1.807, 2.05) is 18.0 Å². The van der Waals surface area contributed by atoms with Gasteiger partial charge < -0.3 is 4.90 Å². The van der Waals surface area contributed by atoms with Crippen molar-refractivity contribution in [1.29, 1.82) is 0 Å². The van der Waals surface area contributed by atoms with E-state index in [0.717, 1.165) is 22.8 Å². The topological polar surface area (TPSA) is 20.3 Å². The van der Waals surface area contributed by atoms with Gasteiger partial charge in [-0.3, -0.25) is 4.79 Å². The van der Waals surface area contributed by atoms with Crippen LogP contribution in [0.2, 0.25) is 0 Å². The predicted octanol–water partition coefficient (Wildman–Crippen LogP) is 7.27. The summed E-state index contributed by atoms with van der Waals surface area (Å²) in [6.07, 6.45) is 5.91. The molecule has 1 amide bonds. The van der Waals surface area contributed by atoms with Crippen LogP contribution in [0, 0.1) is 25.2 Å². The van der Waals surface area contributed by atoms with Gasteiger partial charge >= 0.3 is 0 Å².